The maximum absolute atomic E-state index is 5.60. The Morgan fingerprint density at radius 2 is 1.82 bits per heavy atom. The summed E-state index contributed by atoms with van der Waals surface area (Å²) in [6, 6.07) is 10.1. The molecule has 0 N–H and O–H groups in total. The smallest absolute Gasteiger partial charge is 0.0622 e. The van der Waals surface area contributed by atoms with Crippen LogP contribution < -0.4 is 0 Å². The van der Waals surface area contributed by atoms with Crippen LogP contribution in [0.15, 0.2) is 30.3 Å². The fourth-order valence-corrected chi connectivity index (χ4v) is 1.55. The van der Waals surface area contributed by atoms with Crippen LogP contribution in [-0.2, 0) is 6.42 Å². The molecule has 0 aromatic heterocycles. The fraction of sp³-hybridized carbons (Fsp3) is 0.125. The lowest BCUT2D eigenvalue weighted by Gasteiger charge is -1.89. The monoisotopic (exact) mass is 205 g/mol. The molecule has 0 aliphatic heterocycles. The van der Waals surface area contributed by atoms with E-state index in [0.29, 0.717) is 0 Å². The van der Waals surface area contributed by atoms with Crippen LogP contribution in [0.2, 0.25) is 0 Å². The quantitative estimate of drug-likeness (QED) is 0.645. The van der Waals surface area contributed by atoms with Crippen LogP contribution in [-0.4, -0.2) is 5.80 Å². The maximum atomic E-state index is 5.60. The Hall–Kier alpha value is -0.0300. The van der Waals surface area contributed by atoms with Crippen LogP contribution in [0.3, 0.4) is 0 Å². The number of hydrogen-bond acceptors (Lipinski definition) is 0. The minimum absolute atomic E-state index is 0.861. The highest BCUT2D eigenvalue weighted by Gasteiger charge is 1.98. The predicted octanol–water partition coefficient (Wildman–Crippen LogP) is 3.82. The van der Waals surface area contributed by atoms with E-state index in [1.807, 2.05) is 24.0 Å². The molecular formula is C8H8Cl2P+. The van der Waals surface area contributed by atoms with Crippen LogP contribution in [0.5, 0.6) is 0 Å². The van der Waals surface area contributed by atoms with E-state index < -0.39 is 6.25 Å². The highest BCUT2D eigenvalue weighted by Crippen LogP contribution is 2.33. The first-order chi connectivity index (χ1) is 5.29. The summed E-state index contributed by atoms with van der Waals surface area (Å²) in [4.78, 5) is 0. The van der Waals surface area contributed by atoms with Crippen LogP contribution in [0.1, 0.15) is 5.56 Å². The minimum Gasteiger partial charge on any atom is -0.0622 e. The van der Waals surface area contributed by atoms with Gasteiger partial charge in [0.2, 0.25) is 0 Å². The highest BCUT2D eigenvalue weighted by molar-refractivity contribution is 8.02. The molecule has 0 fully saturated rings. The van der Waals surface area contributed by atoms with Gasteiger partial charge in [0.25, 0.3) is 0 Å². The molecule has 0 saturated heterocycles. The molecule has 0 bridgehead atoms. The van der Waals surface area contributed by atoms with Crippen LogP contribution in [0, 0.1) is 0 Å². The van der Waals surface area contributed by atoms with Crippen molar-refractivity contribution >= 4 is 34.5 Å². The van der Waals surface area contributed by atoms with Gasteiger partial charge in [0.05, 0.1) is 0 Å². The Kier molecular flexibility index (Phi) is 3.93. The van der Waals surface area contributed by atoms with Crippen LogP contribution >= 0.6 is 28.7 Å². The van der Waals surface area contributed by atoms with Crippen molar-refractivity contribution in [2.75, 3.05) is 0 Å². The average molecular weight is 206 g/mol. The number of rotatable bonds is 2. The molecule has 0 spiro atoms. The summed E-state index contributed by atoms with van der Waals surface area (Å²) in [6.45, 7) is 0. The standard InChI is InChI=1S/C8H8Cl2P/c9-11(10)7-6-8-4-2-1-3-5-8/h1-5,7H,6H2/q+1. The van der Waals surface area contributed by atoms with Crippen molar-refractivity contribution in [2.45, 2.75) is 6.42 Å². The SMILES string of the molecule is Cl[P+](Cl)=CCc1ccccc1. The van der Waals surface area contributed by atoms with E-state index in [1.165, 1.54) is 5.56 Å². The Bertz CT molecular complexity index is 240. The van der Waals surface area contributed by atoms with Gasteiger partial charge in [0, 0.05) is 6.42 Å². The lowest BCUT2D eigenvalue weighted by atomic mass is 10.2. The number of hydrogen-bond donors (Lipinski definition) is 0. The molecule has 0 saturated carbocycles. The molecule has 0 radical (unpaired) electrons. The molecule has 0 aliphatic rings. The molecule has 3 heteroatoms. The summed E-state index contributed by atoms with van der Waals surface area (Å²) in [7, 11) is 0. The van der Waals surface area contributed by atoms with Crippen LogP contribution in [0.25, 0.3) is 0 Å². The molecule has 1 aromatic rings. The molecule has 0 amide bonds. The molecule has 0 unspecified atom stereocenters. The first kappa shape index (κ1) is 9.06. The molecule has 1 rings (SSSR count). The maximum Gasteiger partial charge on any atom is 0.320 e. The average Bonchev–Trinajstić information content (AvgIpc) is 2.03. The summed E-state index contributed by atoms with van der Waals surface area (Å²) in [5.74, 6) is 1.92. The summed E-state index contributed by atoms with van der Waals surface area (Å²) in [5.41, 5.74) is 1.25. The summed E-state index contributed by atoms with van der Waals surface area (Å²) < 4.78 is 0. The highest BCUT2D eigenvalue weighted by atomic mass is 35.9. The zero-order valence-electron chi connectivity index (χ0n) is 5.87. The Balaban J connectivity index is 2.59. The topological polar surface area (TPSA) is 0 Å². The second-order valence-corrected chi connectivity index (χ2v) is 5.72. The first-order valence-corrected chi connectivity index (χ1v) is 6.49. The molecule has 11 heavy (non-hydrogen) atoms. The second kappa shape index (κ2) is 4.77. The predicted molar refractivity (Wildman–Crippen MR) is 54.8 cm³/mol. The third-order valence-electron chi connectivity index (χ3n) is 1.31. The van der Waals surface area contributed by atoms with Gasteiger partial charge in [-0.25, -0.2) is 0 Å². The molecule has 0 atom stereocenters. The lowest BCUT2D eigenvalue weighted by molar-refractivity contribution is 1.38. The van der Waals surface area contributed by atoms with E-state index in [1.54, 1.807) is 0 Å². The first-order valence-electron chi connectivity index (χ1n) is 3.27. The molecular weight excluding hydrogens is 198 g/mol. The number of benzene rings is 1. The molecule has 1 aromatic carbocycles. The van der Waals surface area contributed by atoms with Gasteiger partial charge >= 0.3 is 6.25 Å². The summed E-state index contributed by atoms with van der Waals surface area (Å²) >= 11 is 11.2. The Morgan fingerprint density at radius 3 is 2.36 bits per heavy atom. The third-order valence-corrected chi connectivity index (χ3v) is 2.59. The van der Waals surface area contributed by atoms with Crippen molar-refractivity contribution in [1.29, 1.82) is 0 Å². The zero-order valence-corrected chi connectivity index (χ0v) is 8.28. The fourth-order valence-electron chi connectivity index (χ4n) is 0.789. The number of halogens is 2. The normalized spacial score (nSPS) is 9.27. The van der Waals surface area contributed by atoms with Crippen molar-refractivity contribution in [3.05, 3.63) is 35.9 Å². The summed E-state index contributed by atoms with van der Waals surface area (Å²) in [6.07, 6.45) is -0.0440. The van der Waals surface area contributed by atoms with Crippen molar-refractivity contribution in [2.24, 2.45) is 0 Å². The van der Waals surface area contributed by atoms with Gasteiger partial charge in [-0.15, -0.1) is 0 Å². The Morgan fingerprint density at radius 1 is 1.18 bits per heavy atom. The van der Waals surface area contributed by atoms with Crippen molar-refractivity contribution in [3.63, 3.8) is 0 Å². The van der Waals surface area contributed by atoms with Crippen LogP contribution in [0.4, 0.5) is 0 Å². The Labute approximate surface area is 77.1 Å². The van der Waals surface area contributed by atoms with Gasteiger partial charge in [-0.2, -0.15) is 0 Å². The van der Waals surface area contributed by atoms with Gasteiger partial charge in [-0.3, -0.25) is 0 Å². The zero-order chi connectivity index (χ0) is 8.10. The van der Waals surface area contributed by atoms with Gasteiger partial charge in [0.15, 0.2) is 22.5 Å². The van der Waals surface area contributed by atoms with E-state index in [4.69, 9.17) is 22.5 Å². The van der Waals surface area contributed by atoms with Crippen molar-refractivity contribution in [3.8, 4) is 0 Å². The molecule has 0 nitrogen and oxygen atoms in total. The van der Waals surface area contributed by atoms with E-state index in [-0.39, 0.29) is 0 Å². The van der Waals surface area contributed by atoms with Gasteiger partial charge in [0.1, 0.15) is 5.80 Å². The van der Waals surface area contributed by atoms with Crippen molar-refractivity contribution in [1.82, 2.24) is 0 Å². The van der Waals surface area contributed by atoms with Crippen molar-refractivity contribution < 1.29 is 0 Å². The lowest BCUT2D eigenvalue weighted by Crippen LogP contribution is -1.81. The van der Waals surface area contributed by atoms with Gasteiger partial charge in [-0.05, 0) is 5.56 Å². The van der Waals surface area contributed by atoms with Gasteiger partial charge < -0.3 is 0 Å². The van der Waals surface area contributed by atoms with Gasteiger partial charge in [-0.1, -0.05) is 30.3 Å². The van der Waals surface area contributed by atoms with E-state index in [0.717, 1.165) is 6.42 Å². The van der Waals surface area contributed by atoms with E-state index >= 15 is 0 Å². The summed E-state index contributed by atoms with van der Waals surface area (Å²) in [5, 5.41) is 0. The third kappa shape index (κ3) is 3.76. The second-order valence-electron chi connectivity index (χ2n) is 2.13. The largest absolute Gasteiger partial charge is 0.320 e. The van der Waals surface area contributed by atoms with E-state index in [9.17, 15) is 0 Å². The molecule has 0 heterocycles. The molecule has 58 valence electrons. The molecule has 0 aliphatic carbocycles. The van der Waals surface area contributed by atoms with E-state index in [2.05, 4.69) is 12.1 Å². The minimum atomic E-state index is -0.905.